The average molecular weight is 398 g/mol. The second-order valence-electron chi connectivity index (χ2n) is 8.57. The molecular weight excluding hydrogens is 366 g/mol. The summed E-state index contributed by atoms with van der Waals surface area (Å²) < 4.78 is 7.56. The highest BCUT2D eigenvalue weighted by atomic mass is 16.7. The molecule has 0 atom stereocenters. The molecule has 29 heavy (non-hydrogen) atoms. The number of aryl methyl sites for hydroxylation is 1. The van der Waals surface area contributed by atoms with Crippen molar-refractivity contribution in [3.8, 4) is 0 Å². The van der Waals surface area contributed by atoms with E-state index < -0.39 is 0 Å². The first-order valence-corrected chi connectivity index (χ1v) is 11.1. The van der Waals surface area contributed by atoms with Crippen molar-refractivity contribution in [2.24, 2.45) is 0 Å². The van der Waals surface area contributed by atoms with Crippen LogP contribution in [0.2, 0.25) is 0 Å². The molecule has 2 aromatic rings. The number of hydrogen-bond acceptors (Lipinski definition) is 6. The lowest BCUT2D eigenvalue weighted by Gasteiger charge is -2.29. The number of ether oxygens (including phenoxy) is 1. The van der Waals surface area contributed by atoms with Crippen LogP contribution < -0.4 is 10.8 Å². The van der Waals surface area contributed by atoms with E-state index in [0.717, 1.165) is 79.8 Å². The molecule has 1 spiro atoms. The molecule has 2 fully saturated rings. The molecule has 0 bridgehead atoms. The van der Waals surface area contributed by atoms with Crippen LogP contribution in [0.15, 0.2) is 18.5 Å². The van der Waals surface area contributed by atoms with Crippen LogP contribution in [0, 0.1) is 0 Å². The number of nitrogens with one attached hydrogen (secondary N) is 2. The Balaban J connectivity index is 1.55. The number of hydroxylamine groups is 1. The molecule has 1 aliphatic carbocycles. The molecule has 7 heteroatoms. The Bertz CT molecular complexity index is 894. The minimum Gasteiger partial charge on any atom is -0.381 e. The minimum absolute atomic E-state index is 0.162. The Labute approximate surface area is 171 Å². The van der Waals surface area contributed by atoms with E-state index in [4.69, 9.17) is 14.6 Å². The standard InChI is InChI=1S/C22H31N5O2/c1-2-10-27-21-18(15-24-27)20(25-16-6-11-28-12-7-16)17(14-23-21)19-13-22(29-26-19)8-4-3-5-9-22/h13-16,26H,2-12H2,1H3,(H,23,25). The lowest BCUT2D eigenvalue weighted by Crippen LogP contribution is -2.31. The number of hydrogen-bond donors (Lipinski definition) is 2. The first-order valence-electron chi connectivity index (χ1n) is 11.1. The fourth-order valence-electron chi connectivity index (χ4n) is 4.82. The van der Waals surface area contributed by atoms with Crippen LogP contribution in [0.4, 0.5) is 5.69 Å². The molecule has 2 aromatic heterocycles. The Morgan fingerprint density at radius 3 is 2.83 bits per heavy atom. The number of fused-ring (bicyclic) bond motifs is 1. The van der Waals surface area contributed by atoms with Gasteiger partial charge in [-0.25, -0.2) is 9.67 Å². The maximum absolute atomic E-state index is 6.11. The van der Waals surface area contributed by atoms with E-state index in [-0.39, 0.29) is 5.60 Å². The van der Waals surface area contributed by atoms with Gasteiger partial charge in [0.05, 0.1) is 23.0 Å². The first-order chi connectivity index (χ1) is 14.3. The molecule has 0 aromatic carbocycles. The van der Waals surface area contributed by atoms with E-state index in [1.807, 2.05) is 17.1 Å². The number of nitrogens with zero attached hydrogens (tertiary/aromatic N) is 3. The summed E-state index contributed by atoms with van der Waals surface area (Å²) in [6.45, 7) is 4.66. The van der Waals surface area contributed by atoms with E-state index in [2.05, 4.69) is 28.9 Å². The summed E-state index contributed by atoms with van der Waals surface area (Å²) >= 11 is 0. The quantitative estimate of drug-likeness (QED) is 0.794. The van der Waals surface area contributed by atoms with Gasteiger partial charge in [0.25, 0.3) is 0 Å². The summed E-state index contributed by atoms with van der Waals surface area (Å²) in [5.41, 5.74) is 7.23. The Morgan fingerprint density at radius 2 is 2.03 bits per heavy atom. The maximum Gasteiger partial charge on any atom is 0.159 e. The average Bonchev–Trinajstić information content (AvgIpc) is 3.35. The predicted molar refractivity (Wildman–Crippen MR) is 113 cm³/mol. The second kappa shape index (κ2) is 7.95. The summed E-state index contributed by atoms with van der Waals surface area (Å²) in [4.78, 5) is 10.9. The second-order valence-corrected chi connectivity index (χ2v) is 8.57. The summed E-state index contributed by atoms with van der Waals surface area (Å²) in [6.07, 6.45) is 15.2. The van der Waals surface area contributed by atoms with Crippen molar-refractivity contribution in [1.82, 2.24) is 20.2 Å². The summed E-state index contributed by atoms with van der Waals surface area (Å²) in [5, 5.41) is 9.49. The Hall–Kier alpha value is -2.12. The lowest BCUT2D eigenvalue weighted by molar-refractivity contribution is -0.0557. The van der Waals surface area contributed by atoms with Gasteiger partial charge >= 0.3 is 0 Å². The molecule has 1 saturated carbocycles. The van der Waals surface area contributed by atoms with E-state index >= 15 is 0 Å². The van der Waals surface area contributed by atoms with Gasteiger partial charge in [-0.1, -0.05) is 26.2 Å². The maximum atomic E-state index is 6.11. The number of anilines is 1. The summed E-state index contributed by atoms with van der Waals surface area (Å²) in [5.74, 6) is 0. The van der Waals surface area contributed by atoms with Crippen LogP contribution in [0.5, 0.6) is 0 Å². The van der Waals surface area contributed by atoms with Gasteiger partial charge in [-0.2, -0.15) is 5.10 Å². The molecule has 7 nitrogen and oxygen atoms in total. The van der Waals surface area contributed by atoms with E-state index in [1.165, 1.54) is 19.3 Å². The van der Waals surface area contributed by atoms with Crippen LogP contribution in [0.25, 0.3) is 16.7 Å². The Kier molecular flexibility index (Phi) is 5.18. The van der Waals surface area contributed by atoms with E-state index in [1.54, 1.807) is 0 Å². The van der Waals surface area contributed by atoms with Crippen molar-refractivity contribution in [3.63, 3.8) is 0 Å². The van der Waals surface area contributed by atoms with Crippen molar-refractivity contribution in [3.05, 3.63) is 24.0 Å². The molecule has 2 N–H and O–H groups in total. The van der Waals surface area contributed by atoms with Crippen LogP contribution in [0.3, 0.4) is 0 Å². The molecule has 1 saturated heterocycles. The number of aromatic nitrogens is 3. The highest BCUT2D eigenvalue weighted by molar-refractivity contribution is 5.95. The zero-order chi connectivity index (χ0) is 19.7. The highest BCUT2D eigenvalue weighted by Gasteiger charge is 2.37. The van der Waals surface area contributed by atoms with Gasteiger partial charge < -0.3 is 10.1 Å². The van der Waals surface area contributed by atoms with Gasteiger partial charge in [0.15, 0.2) is 5.65 Å². The van der Waals surface area contributed by atoms with Gasteiger partial charge in [0, 0.05) is 37.6 Å². The third kappa shape index (κ3) is 3.62. The van der Waals surface area contributed by atoms with E-state index in [9.17, 15) is 0 Å². The van der Waals surface area contributed by atoms with Crippen molar-refractivity contribution in [1.29, 1.82) is 0 Å². The van der Waals surface area contributed by atoms with E-state index in [0.29, 0.717) is 6.04 Å². The van der Waals surface area contributed by atoms with Crippen molar-refractivity contribution in [2.75, 3.05) is 18.5 Å². The number of rotatable bonds is 5. The lowest BCUT2D eigenvalue weighted by atomic mass is 9.84. The molecule has 5 rings (SSSR count). The molecule has 2 aliphatic heterocycles. The molecular formula is C22H31N5O2. The van der Waals surface area contributed by atoms with Crippen LogP contribution in [0.1, 0.15) is 63.9 Å². The normalized spacial score (nSPS) is 22.0. The molecule has 0 radical (unpaired) electrons. The van der Waals surface area contributed by atoms with Crippen molar-refractivity contribution < 1.29 is 9.57 Å². The van der Waals surface area contributed by atoms with Gasteiger partial charge in [-0.15, -0.1) is 0 Å². The molecule has 3 aliphatic rings. The minimum atomic E-state index is -0.162. The van der Waals surface area contributed by atoms with Gasteiger partial charge in [-0.05, 0) is 38.2 Å². The first kappa shape index (κ1) is 18.9. The molecule has 0 amide bonds. The topological polar surface area (TPSA) is 73.2 Å². The van der Waals surface area contributed by atoms with Crippen LogP contribution >= 0.6 is 0 Å². The number of pyridine rings is 1. The molecule has 4 heterocycles. The third-order valence-electron chi connectivity index (χ3n) is 6.43. The zero-order valence-corrected chi connectivity index (χ0v) is 17.2. The van der Waals surface area contributed by atoms with Crippen molar-refractivity contribution in [2.45, 2.75) is 76.5 Å². The van der Waals surface area contributed by atoms with Gasteiger partial charge in [0.1, 0.15) is 5.60 Å². The highest BCUT2D eigenvalue weighted by Crippen LogP contribution is 2.40. The monoisotopic (exact) mass is 397 g/mol. The van der Waals surface area contributed by atoms with Gasteiger partial charge in [-0.3, -0.25) is 10.3 Å². The smallest absolute Gasteiger partial charge is 0.159 e. The zero-order valence-electron chi connectivity index (χ0n) is 17.2. The molecule has 156 valence electrons. The molecule has 0 unspecified atom stereocenters. The third-order valence-corrected chi connectivity index (χ3v) is 6.43. The summed E-state index contributed by atoms with van der Waals surface area (Å²) in [7, 11) is 0. The van der Waals surface area contributed by atoms with Crippen LogP contribution in [-0.2, 0) is 16.1 Å². The van der Waals surface area contributed by atoms with Crippen molar-refractivity contribution >= 4 is 22.4 Å². The fourth-order valence-corrected chi connectivity index (χ4v) is 4.82. The largest absolute Gasteiger partial charge is 0.381 e. The van der Waals surface area contributed by atoms with Gasteiger partial charge in [0.2, 0.25) is 0 Å². The summed E-state index contributed by atoms with van der Waals surface area (Å²) in [6, 6.07) is 0.397. The Morgan fingerprint density at radius 1 is 1.21 bits per heavy atom. The SMILES string of the molecule is CCCn1ncc2c(NC3CCOCC3)c(C3=CC4(CCCCC4)ON3)cnc21. The predicted octanol–water partition coefficient (Wildman–Crippen LogP) is 4.01. The fraction of sp³-hybridized carbons (Fsp3) is 0.636. The van der Waals surface area contributed by atoms with Crippen LogP contribution in [-0.4, -0.2) is 39.6 Å².